The summed E-state index contributed by atoms with van der Waals surface area (Å²) in [7, 11) is 0. The lowest BCUT2D eigenvalue weighted by Gasteiger charge is -2.40. The smallest absolute Gasteiger partial charge is 0.364 e. The largest absolute Gasteiger partial charge is 0.417 e. The summed E-state index contributed by atoms with van der Waals surface area (Å²) in [6.07, 6.45) is -0.175. The number of rotatable bonds is 2. The number of aromatic nitrogens is 1. The molecule has 1 aliphatic rings. The molecule has 1 aromatic rings. The van der Waals surface area contributed by atoms with E-state index in [1.807, 2.05) is 6.92 Å². The Labute approximate surface area is 106 Å². The Bertz CT molecular complexity index is 427. The molecule has 94 valence electrons. The zero-order valence-corrected chi connectivity index (χ0v) is 10.8. The maximum Gasteiger partial charge on any atom is 0.417 e. The summed E-state index contributed by atoms with van der Waals surface area (Å²) in [5.41, 5.74) is -0.822. The summed E-state index contributed by atoms with van der Waals surface area (Å²) in [6.45, 7) is 1.99. The van der Waals surface area contributed by atoms with Gasteiger partial charge in [0.15, 0.2) is 0 Å². The van der Waals surface area contributed by atoms with Crippen LogP contribution in [-0.2, 0) is 6.18 Å². The van der Waals surface area contributed by atoms with Crippen LogP contribution in [0.2, 0.25) is 0 Å². The van der Waals surface area contributed by atoms with Gasteiger partial charge >= 0.3 is 6.18 Å². The highest BCUT2D eigenvalue weighted by molar-refractivity contribution is 9.10. The minimum absolute atomic E-state index is 0.0133. The quantitative estimate of drug-likeness (QED) is 0.885. The third-order valence-electron chi connectivity index (χ3n) is 3.07. The first-order chi connectivity index (χ1) is 7.82. The van der Waals surface area contributed by atoms with Crippen LogP contribution in [-0.4, -0.2) is 10.5 Å². The van der Waals surface area contributed by atoms with Crippen LogP contribution in [0.1, 0.15) is 31.7 Å². The molecule has 0 radical (unpaired) electrons. The second-order valence-corrected chi connectivity index (χ2v) is 5.35. The molecule has 1 aliphatic carbocycles. The average molecular weight is 309 g/mol. The maximum atomic E-state index is 12.7. The Morgan fingerprint density at radius 3 is 2.53 bits per heavy atom. The highest BCUT2D eigenvalue weighted by Gasteiger charge is 2.36. The van der Waals surface area contributed by atoms with Crippen LogP contribution in [0.25, 0.3) is 0 Å². The first-order valence-electron chi connectivity index (χ1n) is 5.32. The van der Waals surface area contributed by atoms with E-state index in [9.17, 15) is 13.2 Å². The van der Waals surface area contributed by atoms with E-state index in [-0.39, 0.29) is 15.8 Å². The zero-order valence-electron chi connectivity index (χ0n) is 9.24. The lowest BCUT2D eigenvalue weighted by molar-refractivity contribution is -0.138. The fraction of sp³-hybridized carbons (Fsp3) is 0.545. The van der Waals surface area contributed by atoms with Crippen molar-refractivity contribution < 1.29 is 13.2 Å². The van der Waals surface area contributed by atoms with Crippen molar-refractivity contribution in [1.82, 2.24) is 4.98 Å². The fourth-order valence-electron chi connectivity index (χ4n) is 1.87. The minimum atomic E-state index is -4.36. The van der Waals surface area contributed by atoms with E-state index in [1.165, 1.54) is 6.20 Å². The molecule has 17 heavy (non-hydrogen) atoms. The van der Waals surface area contributed by atoms with E-state index in [4.69, 9.17) is 0 Å². The Morgan fingerprint density at radius 2 is 2.06 bits per heavy atom. The van der Waals surface area contributed by atoms with Gasteiger partial charge in [-0.15, -0.1) is 0 Å². The van der Waals surface area contributed by atoms with Crippen molar-refractivity contribution in [2.24, 2.45) is 0 Å². The van der Waals surface area contributed by atoms with Gasteiger partial charge in [0.25, 0.3) is 0 Å². The molecule has 0 saturated heterocycles. The Balaban J connectivity index is 2.29. The van der Waals surface area contributed by atoms with E-state index in [0.717, 1.165) is 25.3 Å². The number of nitrogens with zero attached hydrogens (tertiary/aromatic N) is 1. The summed E-state index contributed by atoms with van der Waals surface area (Å²) >= 11 is 2.98. The predicted octanol–water partition coefficient (Wildman–Crippen LogP) is 4.22. The molecule has 1 N–H and O–H groups in total. The molecule has 1 fully saturated rings. The number of hydrogen-bond donors (Lipinski definition) is 1. The molecule has 0 amide bonds. The van der Waals surface area contributed by atoms with Gasteiger partial charge in [-0.3, -0.25) is 0 Å². The van der Waals surface area contributed by atoms with Crippen LogP contribution in [0.3, 0.4) is 0 Å². The highest BCUT2D eigenvalue weighted by atomic mass is 79.9. The SMILES string of the molecule is CC1(Nc2nccc(C(F)(F)F)c2Br)CCC1. The number of nitrogens with one attached hydrogen (secondary N) is 1. The van der Waals surface area contributed by atoms with E-state index in [1.54, 1.807) is 0 Å². The zero-order chi connectivity index (χ0) is 12.7. The van der Waals surface area contributed by atoms with Crippen LogP contribution in [0.5, 0.6) is 0 Å². The first kappa shape index (κ1) is 12.7. The standard InChI is InChI=1S/C11H12BrF3N2/c1-10(4-2-5-10)17-9-8(12)7(3-6-16-9)11(13,14)15/h3,6H,2,4-5H2,1H3,(H,16,17). The number of halogens is 4. The molecule has 6 heteroatoms. The van der Waals surface area contributed by atoms with Crippen molar-refractivity contribution in [3.05, 3.63) is 22.3 Å². The van der Waals surface area contributed by atoms with Crippen LogP contribution in [0, 0.1) is 0 Å². The van der Waals surface area contributed by atoms with Crippen molar-refractivity contribution in [2.45, 2.75) is 37.9 Å². The predicted molar refractivity (Wildman–Crippen MR) is 62.8 cm³/mol. The third kappa shape index (κ3) is 2.56. The molecule has 0 aliphatic heterocycles. The number of alkyl halides is 3. The summed E-state index contributed by atoms with van der Waals surface area (Å²) in [4.78, 5) is 3.96. The molecular weight excluding hydrogens is 297 g/mol. The van der Waals surface area contributed by atoms with E-state index in [0.29, 0.717) is 0 Å². The molecule has 2 rings (SSSR count). The van der Waals surface area contributed by atoms with Crippen LogP contribution < -0.4 is 5.32 Å². The summed E-state index contributed by atoms with van der Waals surface area (Å²) in [5, 5.41) is 3.08. The van der Waals surface area contributed by atoms with Gasteiger partial charge in [-0.05, 0) is 48.2 Å². The van der Waals surface area contributed by atoms with Crippen LogP contribution in [0.4, 0.5) is 19.0 Å². The Hall–Kier alpha value is -0.780. The number of pyridine rings is 1. The van der Waals surface area contributed by atoms with Gasteiger partial charge < -0.3 is 5.32 Å². The van der Waals surface area contributed by atoms with Gasteiger partial charge in [-0.1, -0.05) is 0 Å². The number of hydrogen-bond acceptors (Lipinski definition) is 2. The van der Waals surface area contributed by atoms with Gasteiger partial charge in [0.05, 0.1) is 10.0 Å². The monoisotopic (exact) mass is 308 g/mol. The van der Waals surface area contributed by atoms with Gasteiger partial charge in [0, 0.05) is 11.7 Å². The second kappa shape index (κ2) is 4.15. The lowest BCUT2D eigenvalue weighted by atomic mass is 9.78. The molecule has 0 bridgehead atoms. The maximum absolute atomic E-state index is 12.7. The van der Waals surface area contributed by atoms with E-state index >= 15 is 0 Å². The summed E-state index contributed by atoms with van der Waals surface area (Å²) in [5.74, 6) is 0.266. The molecule has 0 atom stereocenters. The van der Waals surface area contributed by atoms with E-state index in [2.05, 4.69) is 26.2 Å². The van der Waals surface area contributed by atoms with Crippen molar-refractivity contribution in [1.29, 1.82) is 0 Å². The highest BCUT2D eigenvalue weighted by Crippen LogP contribution is 2.40. The van der Waals surface area contributed by atoms with Gasteiger partial charge in [0.2, 0.25) is 0 Å². The summed E-state index contributed by atoms with van der Waals surface area (Å²) in [6, 6.07) is 0.971. The van der Waals surface area contributed by atoms with Crippen molar-refractivity contribution in [2.75, 3.05) is 5.32 Å². The topological polar surface area (TPSA) is 24.9 Å². The van der Waals surface area contributed by atoms with Gasteiger partial charge in [-0.25, -0.2) is 4.98 Å². The van der Waals surface area contributed by atoms with Crippen LogP contribution in [0.15, 0.2) is 16.7 Å². The first-order valence-corrected chi connectivity index (χ1v) is 6.11. The van der Waals surface area contributed by atoms with E-state index < -0.39 is 11.7 Å². The van der Waals surface area contributed by atoms with Gasteiger partial charge in [-0.2, -0.15) is 13.2 Å². The molecule has 0 unspecified atom stereocenters. The molecule has 1 saturated carbocycles. The molecule has 0 spiro atoms. The van der Waals surface area contributed by atoms with Crippen LogP contribution >= 0.6 is 15.9 Å². The Morgan fingerprint density at radius 1 is 1.41 bits per heavy atom. The number of anilines is 1. The second-order valence-electron chi connectivity index (χ2n) is 4.56. The lowest BCUT2D eigenvalue weighted by Crippen LogP contribution is -2.42. The van der Waals surface area contributed by atoms with Crippen molar-refractivity contribution in [3.8, 4) is 0 Å². The average Bonchev–Trinajstić information content (AvgIpc) is 2.17. The fourth-order valence-corrected chi connectivity index (χ4v) is 2.43. The molecule has 1 aromatic heterocycles. The van der Waals surface area contributed by atoms with Crippen molar-refractivity contribution in [3.63, 3.8) is 0 Å². The normalized spacial score (nSPS) is 18.6. The molecule has 1 heterocycles. The molecule has 2 nitrogen and oxygen atoms in total. The summed E-state index contributed by atoms with van der Waals surface area (Å²) < 4.78 is 38.0. The Kier molecular flexibility index (Phi) is 3.10. The third-order valence-corrected chi connectivity index (χ3v) is 3.87. The van der Waals surface area contributed by atoms with Crippen molar-refractivity contribution >= 4 is 21.7 Å². The molecule has 0 aromatic carbocycles. The minimum Gasteiger partial charge on any atom is -0.364 e. The van der Waals surface area contributed by atoms with Gasteiger partial charge in [0.1, 0.15) is 5.82 Å². The molecular formula is C11H12BrF3N2.